The molecule has 2 saturated heterocycles. The number of aliphatic imine (C=N–C) groups is 1. The van der Waals surface area contributed by atoms with Crippen molar-refractivity contribution in [1.29, 1.82) is 0 Å². The largest absolute Gasteiger partial charge is 0.328 e. The SMILES string of the molecule is C=CCCCCN1CC[C@@]2(C[C@@H]1C)C(=NC1CCCCC1)NC(=O)N2c1ccc(I)cc1. The topological polar surface area (TPSA) is 47.9 Å². The second-order valence-electron chi connectivity index (χ2n) is 9.67. The minimum atomic E-state index is -0.363. The van der Waals surface area contributed by atoms with Crippen molar-refractivity contribution in [2.75, 3.05) is 18.0 Å². The average molecular weight is 549 g/mol. The summed E-state index contributed by atoms with van der Waals surface area (Å²) in [5, 5.41) is 3.23. The van der Waals surface area contributed by atoms with Gasteiger partial charge in [0.05, 0.1) is 6.04 Å². The summed E-state index contributed by atoms with van der Waals surface area (Å²) < 4.78 is 1.18. The molecule has 6 heteroatoms. The molecule has 3 aliphatic rings. The minimum absolute atomic E-state index is 0.0209. The number of rotatable bonds is 7. The number of carbonyl (C=O) groups excluding carboxylic acids is 1. The molecule has 1 aromatic carbocycles. The molecule has 0 bridgehead atoms. The highest BCUT2D eigenvalue weighted by Gasteiger charge is 2.54. The number of nitrogens with zero attached hydrogens (tertiary/aromatic N) is 3. The lowest BCUT2D eigenvalue weighted by Gasteiger charge is -2.47. The lowest BCUT2D eigenvalue weighted by molar-refractivity contribution is 0.129. The number of anilines is 1. The molecular weight excluding hydrogens is 511 g/mol. The number of unbranched alkanes of at least 4 members (excludes halogenated alkanes) is 2. The van der Waals surface area contributed by atoms with Crippen LogP contribution in [0.4, 0.5) is 10.5 Å². The fraction of sp³-hybridized carbons (Fsp3) is 0.615. The molecule has 1 spiro atoms. The number of amides is 2. The first-order chi connectivity index (χ1) is 15.5. The van der Waals surface area contributed by atoms with Gasteiger partial charge in [-0.15, -0.1) is 6.58 Å². The summed E-state index contributed by atoms with van der Waals surface area (Å²) in [6, 6.07) is 9.07. The van der Waals surface area contributed by atoms with Crippen LogP contribution in [0.1, 0.15) is 71.1 Å². The van der Waals surface area contributed by atoms with Crippen molar-refractivity contribution in [3.63, 3.8) is 0 Å². The van der Waals surface area contributed by atoms with E-state index >= 15 is 0 Å². The van der Waals surface area contributed by atoms with Gasteiger partial charge in [0.2, 0.25) is 0 Å². The smallest absolute Gasteiger partial charge is 0.300 e. The Morgan fingerprint density at radius 2 is 1.97 bits per heavy atom. The van der Waals surface area contributed by atoms with Crippen LogP contribution in [0.25, 0.3) is 0 Å². The average Bonchev–Trinajstić information content (AvgIpc) is 3.04. The molecule has 1 aromatic rings. The molecule has 0 aromatic heterocycles. The molecule has 1 aliphatic carbocycles. The first-order valence-electron chi connectivity index (χ1n) is 12.3. The van der Waals surface area contributed by atoms with Crippen molar-refractivity contribution in [2.45, 2.75) is 88.8 Å². The molecule has 2 atom stereocenters. The van der Waals surface area contributed by atoms with E-state index in [-0.39, 0.29) is 11.6 Å². The number of benzene rings is 1. The van der Waals surface area contributed by atoms with Crippen LogP contribution in [0.15, 0.2) is 41.9 Å². The molecule has 3 fully saturated rings. The van der Waals surface area contributed by atoms with Gasteiger partial charge in [0.15, 0.2) is 0 Å². The Morgan fingerprint density at radius 3 is 2.66 bits per heavy atom. The number of hydrogen-bond acceptors (Lipinski definition) is 3. The van der Waals surface area contributed by atoms with Gasteiger partial charge in [-0.25, -0.2) is 4.79 Å². The van der Waals surface area contributed by atoms with Crippen LogP contribution in [0.5, 0.6) is 0 Å². The van der Waals surface area contributed by atoms with Crippen LogP contribution in [0.3, 0.4) is 0 Å². The third-order valence-electron chi connectivity index (χ3n) is 7.44. The number of nitrogens with one attached hydrogen (secondary N) is 1. The lowest BCUT2D eigenvalue weighted by atomic mass is 9.81. The molecule has 4 rings (SSSR count). The second-order valence-corrected chi connectivity index (χ2v) is 10.9. The van der Waals surface area contributed by atoms with Crippen LogP contribution < -0.4 is 10.2 Å². The summed E-state index contributed by atoms with van der Waals surface area (Å²) in [4.78, 5) is 23.2. The summed E-state index contributed by atoms with van der Waals surface area (Å²) in [5.74, 6) is 0.922. The number of urea groups is 1. The van der Waals surface area contributed by atoms with Crippen molar-refractivity contribution in [1.82, 2.24) is 10.2 Å². The Labute approximate surface area is 206 Å². The van der Waals surface area contributed by atoms with Crippen LogP contribution in [0.2, 0.25) is 0 Å². The van der Waals surface area contributed by atoms with E-state index < -0.39 is 0 Å². The maximum absolute atomic E-state index is 13.3. The third kappa shape index (κ3) is 5.06. The van der Waals surface area contributed by atoms with Gasteiger partial charge in [0, 0.05) is 21.8 Å². The summed E-state index contributed by atoms with van der Waals surface area (Å²) in [5.41, 5.74) is 0.613. The molecule has 5 nitrogen and oxygen atoms in total. The summed E-state index contributed by atoms with van der Waals surface area (Å²) in [7, 11) is 0. The van der Waals surface area contributed by atoms with Crippen molar-refractivity contribution >= 4 is 40.1 Å². The number of amidine groups is 1. The van der Waals surface area contributed by atoms with Crippen molar-refractivity contribution in [2.24, 2.45) is 4.99 Å². The van der Waals surface area contributed by atoms with Crippen molar-refractivity contribution in [3.05, 3.63) is 40.5 Å². The molecule has 174 valence electrons. The standard InChI is InChI=1S/C26H37IN4O/c1-3-4-5-9-17-30-18-16-26(19-20(30)2)24(28-22-10-7-6-8-11-22)29-25(32)31(26)23-14-12-21(27)13-15-23/h3,12-15,20,22H,1,4-11,16-19H2,2H3,(H,28,29,32)/t20-,26+/m0/s1. The minimum Gasteiger partial charge on any atom is -0.300 e. The molecular formula is C26H37IN4O. The van der Waals surface area contributed by atoms with Crippen LogP contribution >= 0.6 is 22.6 Å². The van der Waals surface area contributed by atoms with E-state index in [1.54, 1.807) is 0 Å². The number of carbonyl (C=O) groups is 1. The van der Waals surface area contributed by atoms with Gasteiger partial charge >= 0.3 is 6.03 Å². The number of hydrogen-bond donors (Lipinski definition) is 1. The van der Waals surface area contributed by atoms with Gasteiger partial charge < -0.3 is 4.90 Å². The normalized spacial score (nSPS) is 28.4. The van der Waals surface area contributed by atoms with Gasteiger partial charge in [0.1, 0.15) is 11.4 Å². The zero-order valence-corrected chi connectivity index (χ0v) is 21.5. The number of likely N-dealkylation sites (tertiary alicyclic amines) is 1. The quantitative estimate of drug-likeness (QED) is 0.253. The highest BCUT2D eigenvalue weighted by molar-refractivity contribution is 14.1. The van der Waals surface area contributed by atoms with Gasteiger partial charge in [-0.2, -0.15) is 0 Å². The number of allylic oxidation sites excluding steroid dienone is 1. The van der Waals surface area contributed by atoms with E-state index in [4.69, 9.17) is 4.99 Å². The molecule has 1 N–H and O–H groups in total. The van der Waals surface area contributed by atoms with E-state index in [0.29, 0.717) is 12.1 Å². The zero-order chi connectivity index (χ0) is 22.6. The maximum atomic E-state index is 13.3. The van der Waals surface area contributed by atoms with Crippen LogP contribution in [0, 0.1) is 3.57 Å². The Bertz CT molecular complexity index is 833. The van der Waals surface area contributed by atoms with Gasteiger partial charge in [-0.3, -0.25) is 15.2 Å². The molecule has 2 amide bonds. The highest BCUT2D eigenvalue weighted by atomic mass is 127. The second kappa shape index (κ2) is 10.7. The Kier molecular flexibility index (Phi) is 7.92. The van der Waals surface area contributed by atoms with Crippen molar-refractivity contribution < 1.29 is 4.79 Å². The fourth-order valence-corrected chi connectivity index (χ4v) is 6.06. The molecule has 2 heterocycles. The number of piperidine rings is 1. The fourth-order valence-electron chi connectivity index (χ4n) is 5.70. The monoisotopic (exact) mass is 548 g/mol. The predicted molar refractivity (Wildman–Crippen MR) is 142 cm³/mol. The summed E-state index contributed by atoms with van der Waals surface area (Å²) in [6.45, 7) is 8.27. The zero-order valence-electron chi connectivity index (χ0n) is 19.4. The van der Waals surface area contributed by atoms with Gasteiger partial charge in [0.25, 0.3) is 0 Å². The summed E-state index contributed by atoms with van der Waals surface area (Å²) >= 11 is 2.32. The molecule has 32 heavy (non-hydrogen) atoms. The number of halogens is 1. The maximum Gasteiger partial charge on any atom is 0.328 e. The summed E-state index contributed by atoms with van der Waals surface area (Å²) in [6.07, 6.45) is 13.4. The Hall–Kier alpha value is -1.41. The lowest BCUT2D eigenvalue weighted by Crippen LogP contribution is -2.59. The molecule has 1 saturated carbocycles. The molecule has 2 aliphatic heterocycles. The Morgan fingerprint density at radius 1 is 1.22 bits per heavy atom. The van der Waals surface area contributed by atoms with Gasteiger partial charge in [-0.05, 0) is 105 Å². The third-order valence-corrected chi connectivity index (χ3v) is 8.16. The van der Waals surface area contributed by atoms with Crippen LogP contribution in [-0.2, 0) is 0 Å². The predicted octanol–water partition coefficient (Wildman–Crippen LogP) is 6.13. The van der Waals surface area contributed by atoms with Gasteiger partial charge in [-0.1, -0.05) is 25.3 Å². The highest BCUT2D eigenvalue weighted by Crippen LogP contribution is 2.40. The van der Waals surface area contributed by atoms with Crippen LogP contribution in [-0.4, -0.2) is 47.5 Å². The molecule has 0 radical (unpaired) electrons. The first-order valence-corrected chi connectivity index (χ1v) is 13.4. The van der Waals surface area contributed by atoms with Crippen molar-refractivity contribution in [3.8, 4) is 0 Å². The molecule has 0 unspecified atom stereocenters. The Balaban J connectivity index is 1.61. The van der Waals surface area contributed by atoms with E-state index in [1.807, 2.05) is 11.0 Å². The van der Waals surface area contributed by atoms with E-state index in [0.717, 1.165) is 56.7 Å². The van der Waals surface area contributed by atoms with E-state index in [2.05, 4.69) is 70.6 Å². The first kappa shape index (κ1) is 23.7. The van der Waals surface area contributed by atoms with E-state index in [1.165, 1.54) is 35.7 Å². The van der Waals surface area contributed by atoms with E-state index in [9.17, 15) is 4.79 Å².